The van der Waals surface area contributed by atoms with E-state index in [9.17, 15) is 0 Å². The van der Waals surface area contributed by atoms with Gasteiger partial charge in [-0.2, -0.15) is 0 Å². The molecule has 0 aliphatic carbocycles. The molecular weight excluding hydrogens is 256 g/mol. The molecule has 1 aliphatic heterocycles. The third kappa shape index (κ3) is 4.14. The minimum absolute atomic E-state index is 0.469. The maximum absolute atomic E-state index is 4.22. The maximum Gasteiger partial charge on any atom is 0.205 e. The van der Waals surface area contributed by atoms with Crippen LogP contribution < -0.4 is 5.32 Å². The van der Waals surface area contributed by atoms with Crippen LogP contribution in [-0.2, 0) is 0 Å². The van der Waals surface area contributed by atoms with E-state index in [0.717, 1.165) is 22.6 Å². The molecule has 1 aliphatic rings. The fraction of sp³-hybridized carbons (Fsp3) is 0.857. The van der Waals surface area contributed by atoms with Gasteiger partial charge >= 0.3 is 0 Å². The van der Waals surface area contributed by atoms with E-state index in [4.69, 9.17) is 0 Å². The van der Waals surface area contributed by atoms with Crippen LogP contribution in [0.3, 0.4) is 0 Å². The van der Waals surface area contributed by atoms with Crippen molar-refractivity contribution in [1.29, 1.82) is 0 Å². The van der Waals surface area contributed by atoms with Crippen molar-refractivity contribution in [2.24, 2.45) is 5.92 Å². The Bertz CT molecular complexity index is 389. The molecule has 0 bridgehead atoms. The maximum atomic E-state index is 4.22. The Morgan fingerprint density at radius 1 is 1.32 bits per heavy atom. The molecule has 1 aromatic heterocycles. The molecule has 1 N–H and O–H groups in total. The minimum atomic E-state index is 0.469. The third-order valence-electron chi connectivity index (χ3n) is 3.52. The average molecular weight is 282 g/mol. The van der Waals surface area contributed by atoms with Crippen LogP contribution in [0.2, 0.25) is 0 Å². The molecule has 5 heteroatoms. The molecule has 1 saturated heterocycles. The lowest BCUT2D eigenvalue weighted by Crippen LogP contribution is -2.37. The van der Waals surface area contributed by atoms with E-state index in [1.165, 1.54) is 25.9 Å². The third-order valence-corrected chi connectivity index (χ3v) is 4.70. The van der Waals surface area contributed by atoms with Gasteiger partial charge in [0.2, 0.25) is 5.13 Å². The number of rotatable bonds is 6. The Kier molecular flexibility index (Phi) is 5.16. The van der Waals surface area contributed by atoms with Gasteiger partial charge in [-0.25, -0.2) is 0 Å². The molecule has 0 saturated carbocycles. The first-order valence-corrected chi connectivity index (χ1v) is 8.19. The largest absolute Gasteiger partial charge is 0.359 e. The lowest BCUT2D eigenvalue weighted by atomic mass is 10.1. The fourth-order valence-corrected chi connectivity index (χ4v) is 3.33. The van der Waals surface area contributed by atoms with Crippen molar-refractivity contribution in [2.75, 3.05) is 25.0 Å². The van der Waals surface area contributed by atoms with E-state index < -0.39 is 0 Å². The smallest absolute Gasteiger partial charge is 0.205 e. The van der Waals surface area contributed by atoms with Crippen LogP contribution in [0.15, 0.2) is 0 Å². The van der Waals surface area contributed by atoms with E-state index in [1.807, 2.05) is 0 Å². The highest BCUT2D eigenvalue weighted by molar-refractivity contribution is 7.15. The van der Waals surface area contributed by atoms with Crippen LogP contribution >= 0.6 is 11.3 Å². The highest BCUT2D eigenvalue weighted by Crippen LogP contribution is 2.24. The molecule has 108 valence electrons. The molecule has 0 aromatic carbocycles. The normalized spacial score (nSPS) is 20.6. The predicted molar refractivity (Wildman–Crippen MR) is 81.9 cm³/mol. The van der Waals surface area contributed by atoms with Gasteiger partial charge in [-0.1, -0.05) is 39.0 Å². The van der Waals surface area contributed by atoms with Crippen molar-refractivity contribution in [3.05, 3.63) is 5.01 Å². The Hall–Kier alpha value is -0.680. The summed E-state index contributed by atoms with van der Waals surface area (Å²) >= 11 is 1.69. The molecular formula is C14H26N4S. The Morgan fingerprint density at radius 3 is 2.74 bits per heavy atom. The standard InChI is InChI=1S/C14H26N4S/c1-10(2)9-18-7-5-6-12(18)8-15-14-17-16-13(19-14)11(3)4/h10-12H,5-9H2,1-4H3,(H,15,17)/t12-/m1/s1. The first-order valence-electron chi connectivity index (χ1n) is 7.37. The van der Waals surface area contributed by atoms with Gasteiger partial charge in [0.1, 0.15) is 5.01 Å². The zero-order valence-electron chi connectivity index (χ0n) is 12.5. The van der Waals surface area contributed by atoms with Crippen molar-refractivity contribution in [3.8, 4) is 0 Å². The molecule has 1 atom stereocenters. The second kappa shape index (κ2) is 6.66. The van der Waals surface area contributed by atoms with Crippen LogP contribution in [0.4, 0.5) is 5.13 Å². The summed E-state index contributed by atoms with van der Waals surface area (Å²) in [6.07, 6.45) is 2.63. The number of hydrogen-bond donors (Lipinski definition) is 1. The van der Waals surface area contributed by atoms with Gasteiger partial charge in [-0.15, -0.1) is 10.2 Å². The first-order chi connectivity index (χ1) is 9.06. The van der Waals surface area contributed by atoms with Gasteiger partial charge in [-0.3, -0.25) is 4.90 Å². The van der Waals surface area contributed by atoms with E-state index in [0.29, 0.717) is 12.0 Å². The Labute approximate surface area is 120 Å². The number of aromatic nitrogens is 2. The van der Waals surface area contributed by atoms with Crippen LogP contribution in [0, 0.1) is 5.92 Å². The predicted octanol–water partition coefficient (Wildman–Crippen LogP) is 3.19. The molecule has 1 fully saturated rings. The zero-order chi connectivity index (χ0) is 13.8. The zero-order valence-corrected chi connectivity index (χ0v) is 13.3. The van der Waals surface area contributed by atoms with Crippen molar-refractivity contribution in [1.82, 2.24) is 15.1 Å². The van der Waals surface area contributed by atoms with E-state index >= 15 is 0 Å². The lowest BCUT2D eigenvalue weighted by molar-refractivity contribution is 0.234. The summed E-state index contributed by atoms with van der Waals surface area (Å²) in [4.78, 5) is 2.61. The monoisotopic (exact) mass is 282 g/mol. The number of nitrogens with one attached hydrogen (secondary N) is 1. The first kappa shape index (κ1) is 14.7. The van der Waals surface area contributed by atoms with Gasteiger partial charge in [0.15, 0.2) is 0 Å². The molecule has 0 amide bonds. The summed E-state index contributed by atoms with van der Waals surface area (Å²) in [5.41, 5.74) is 0. The quantitative estimate of drug-likeness (QED) is 0.870. The van der Waals surface area contributed by atoms with Crippen LogP contribution in [-0.4, -0.2) is 40.8 Å². The van der Waals surface area contributed by atoms with Gasteiger partial charge in [0, 0.05) is 25.0 Å². The van der Waals surface area contributed by atoms with Gasteiger partial charge < -0.3 is 5.32 Å². The molecule has 1 aromatic rings. The van der Waals surface area contributed by atoms with Crippen molar-refractivity contribution < 1.29 is 0 Å². The molecule has 0 spiro atoms. The second-order valence-electron chi connectivity index (χ2n) is 6.17. The van der Waals surface area contributed by atoms with Crippen molar-refractivity contribution in [2.45, 2.75) is 52.5 Å². The van der Waals surface area contributed by atoms with E-state index in [2.05, 4.69) is 48.1 Å². The SMILES string of the molecule is CC(C)CN1CCC[C@@H]1CNc1nnc(C(C)C)s1. The van der Waals surface area contributed by atoms with Crippen LogP contribution in [0.25, 0.3) is 0 Å². The van der Waals surface area contributed by atoms with Gasteiger partial charge in [-0.05, 0) is 25.3 Å². The van der Waals surface area contributed by atoms with E-state index in [-0.39, 0.29) is 0 Å². The number of nitrogens with zero attached hydrogens (tertiary/aromatic N) is 3. The number of anilines is 1. The van der Waals surface area contributed by atoms with Crippen molar-refractivity contribution >= 4 is 16.5 Å². The number of hydrogen-bond acceptors (Lipinski definition) is 5. The molecule has 0 radical (unpaired) electrons. The molecule has 0 unspecified atom stereocenters. The fourth-order valence-electron chi connectivity index (χ4n) is 2.58. The average Bonchev–Trinajstić information content (AvgIpc) is 2.94. The van der Waals surface area contributed by atoms with Crippen LogP contribution in [0.1, 0.15) is 51.5 Å². The van der Waals surface area contributed by atoms with Crippen LogP contribution in [0.5, 0.6) is 0 Å². The summed E-state index contributed by atoms with van der Waals surface area (Å²) in [6.45, 7) is 12.4. The molecule has 2 rings (SSSR count). The number of likely N-dealkylation sites (tertiary alicyclic amines) is 1. The molecule has 2 heterocycles. The summed E-state index contributed by atoms with van der Waals surface area (Å²) in [5, 5.41) is 14.0. The molecule has 4 nitrogen and oxygen atoms in total. The highest BCUT2D eigenvalue weighted by atomic mass is 32.1. The van der Waals surface area contributed by atoms with Gasteiger partial charge in [0.25, 0.3) is 0 Å². The second-order valence-corrected chi connectivity index (χ2v) is 7.17. The molecule has 19 heavy (non-hydrogen) atoms. The summed E-state index contributed by atoms with van der Waals surface area (Å²) in [6, 6.07) is 0.661. The van der Waals surface area contributed by atoms with Crippen molar-refractivity contribution in [3.63, 3.8) is 0 Å². The summed E-state index contributed by atoms with van der Waals surface area (Å²) < 4.78 is 0. The van der Waals surface area contributed by atoms with Gasteiger partial charge in [0.05, 0.1) is 0 Å². The lowest BCUT2D eigenvalue weighted by Gasteiger charge is -2.26. The minimum Gasteiger partial charge on any atom is -0.359 e. The Balaban J connectivity index is 1.83. The topological polar surface area (TPSA) is 41.0 Å². The summed E-state index contributed by atoms with van der Waals surface area (Å²) in [7, 11) is 0. The highest BCUT2D eigenvalue weighted by Gasteiger charge is 2.24. The summed E-state index contributed by atoms with van der Waals surface area (Å²) in [5.74, 6) is 1.21. The van der Waals surface area contributed by atoms with E-state index in [1.54, 1.807) is 11.3 Å². The Morgan fingerprint density at radius 2 is 2.11 bits per heavy atom.